The van der Waals surface area contributed by atoms with Crippen molar-refractivity contribution in [3.63, 3.8) is 0 Å². The minimum absolute atomic E-state index is 0. The van der Waals surface area contributed by atoms with Gasteiger partial charge in [-0.05, 0) is 0 Å². The summed E-state index contributed by atoms with van der Waals surface area (Å²) in [7, 11) is 0. The molecular weight excluding hydrogens is 69.8 g/mol. The van der Waals surface area contributed by atoms with Gasteiger partial charge in [0.05, 0.1) is 0 Å². The zero-order chi connectivity index (χ0) is 3.58. The molecule has 0 bridgehead atoms. The molecule has 0 aliphatic rings. The van der Waals surface area contributed by atoms with Gasteiger partial charge in [-0.15, -0.1) is 0 Å². The van der Waals surface area contributed by atoms with Crippen molar-refractivity contribution in [1.29, 1.82) is 0 Å². The maximum atomic E-state index is 2.17. The standard InChI is InChI=1S/C3H9B.Na.H/c1-4(2)3;;/h1-3H3;;. The molecule has 0 N–H and O–H groups in total. The normalized spacial score (nSPS) is 5.40. The SMILES string of the molecule is CB(C)C.[NaH]. The molecule has 0 aliphatic carbocycles. The van der Waals surface area contributed by atoms with Crippen LogP contribution in [0.25, 0.3) is 0 Å². The number of hydrogen-bond acceptors (Lipinski definition) is 0. The van der Waals surface area contributed by atoms with Gasteiger partial charge < -0.3 is 0 Å². The third-order valence-electron chi connectivity index (χ3n) is 0. The molecular formula is C3H10BNa. The molecule has 0 aliphatic heterocycles. The average Bonchev–Trinajstić information content (AvgIpc) is 0.811. The Morgan fingerprint density at radius 3 is 1.00 bits per heavy atom. The van der Waals surface area contributed by atoms with Crippen LogP contribution in [0.2, 0.25) is 20.5 Å². The van der Waals surface area contributed by atoms with Crippen molar-refractivity contribution >= 4 is 36.3 Å². The van der Waals surface area contributed by atoms with Crippen LogP contribution in [0.5, 0.6) is 0 Å². The summed E-state index contributed by atoms with van der Waals surface area (Å²) in [6.07, 6.45) is 0. The third kappa shape index (κ3) is 42.0. The summed E-state index contributed by atoms with van der Waals surface area (Å²) in [5.41, 5.74) is 0. The molecule has 0 saturated heterocycles. The Kier molecular flexibility index (Phi) is 9.54. The molecule has 0 amide bonds. The van der Waals surface area contributed by atoms with Gasteiger partial charge in [0.1, 0.15) is 6.71 Å². The van der Waals surface area contributed by atoms with Crippen LogP contribution in [0.15, 0.2) is 0 Å². The third-order valence-corrected chi connectivity index (χ3v) is 0. The topological polar surface area (TPSA) is 0 Å². The first-order chi connectivity index (χ1) is 1.73. The summed E-state index contributed by atoms with van der Waals surface area (Å²) in [4.78, 5) is 0. The van der Waals surface area contributed by atoms with Crippen molar-refractivity contribution in [2.75, 3.05) is 0 Å². The van der Waals surface area contributed by atoms with Gasteiger partial charge >= 0.3 is 29.6 Å². The van der Waals surface area contributed by atoms with Crippen LogP contribution in [0.3, 0.4) is 0 Å². The van der Waals surface area contributed by atoms with Crippen molar-refractivity contribution in [1.82, 2.24) is 0 Å². The van der Waals surface area contributed by atoms with E-state index in [4.69, 9.17) is 0 Å². The molecule has 0 nitrogen and oxygen atoms in total. The van der Waals surface area contributed by atoms with Crippen LogP contribution in [0.1, 0.15) is 0 Å². The summed E-state index contributed by atoms with van der Waals surface area (Å²) >= 11 is 0. The molecule has 0 atom stereocenters. The van der Waals surface area contributed by atoms with E-state index in [9.17, 15) is 0 Å². The molecule has 0 aromatic heterocycles. The van der Waals surface area contributed by atoms with E-state index < -0.39 is 0 Å². The molecule has 0 radical (unpaired) electrons. The van der Waals surface area contributed by atoms with E-state index in [-0.39, 0.29) is 29.6 Å². The molecule has 26 valence electrons. The molecule has 0 heterocycles. The first-order valence-electron chi connectivity index (χ1n) is 1.73. The van der Waals surface area contributed by atoms with Gasteiger partial charge in [-0.1, -0.05) is 20.5 Å². The number of rotatable bonds is 0. The predicted molar refractivity (Wildman–Crippen MR) is 30.5 cm³/mol. The van der Waals surface area contributed by atoms with E-state index in [1.54, 1.807) is 0 Å². The molecule has 0 saturated carbocycles. The Hall–Kier alpha value is 1.06. The molecule has 0 aromatic carbocycles. The Bertz CT molecular complexity index is 11.6. The molecule has 0 aromatic rings. The van der Waals surface area contributed by atoms with Crippen molar-refractivity contribution in [2.45, 2.75) is 20.5 Å². The molecule has 0 spiro atoms. The zero-order valence-corrected chi connectivity index (χ0v) is 3.58. The summed E-state index contributed by atoms with van der Waals surface area (Å²) in [6.45, 7) is 7.33. The van der Waals surface area contributed by atoms with E-state index in [1.165, 1.54) is 0 Å². The maximum absolute atomic E-state index is 2.17. The van der Waals surface area contributed by atoms with Gasteiger partial charge in [0, 0.05) is 0 Å². The summed E-state index contributed by atoms with van der Waals surface area (Å²) < 4.78 is 0. The minimum atomic E-state index is 0. The quantitative estimate of drug-likeness (QED) is 0.376. The van der Waals surface area contributed by atoms with Gasteiger partial charge in [0.2, 0.25) is 0 Å². The molecule has 2 heteroatoms. The van der Waals surface area contributed by atoms with E-state index in [0.717, 1.165) is 6.71 Å². The van der Waals surface area contributed by atoms with Crippen LogP contribution in [-0.4, -0.2) is 36.3 Å². The summed E-state index contributed by atoms with van der Waals surface area (Å²) in [5, 5.41) is 0. The fourth-order valence-corrected chi connectivity index (χ4v) is 0. The molecule has 5 heavy (non-hydrogen) atoms. The Labute approximate surface area is 56.7 Å². The monoisotopic (exact) mass is 80.1 g/mol. The van der Waals surface area contributed by atoms with Crippen molar-refractivity contribution in [3.8, 4) is 0 Å². The molecule has 0 rings (SSSR count). The number of hydrogen-bond donors (Lipinski definition) is 0. The van der Waals surface area contributed by atoms with E-state index in [0.29, 0.717) is 0 Å². The first kappa shape index (κ1) is 9.42. The predicted octanol–water partition coefficient (Wildman–Crippen LogP) is 0.722. The molecule has 0 unspecified atom stereocenters. The van der Waals surface area contributed by atoms with Crippen molar-refractivity contribution in [2.24, 2.45) is 0 Å². The second-order valence-corrected chi connectivity index (χ2v) is 1.73. The average molecular weight is 79.9 g/mol. The van der Waals surface area contributed by atoms with Crippen LogP contribution in [-0.2, 0) is 0 Å². The van der Waals surface area contributed by atoms with E-state index >= 15 is 0 Å². The first-order valence-corrected chi connectivity index (χ1v) is 1.73. The van der Waals surface area contributed by atoms with Gasteiger partial charge in [-0.25, -0.2) is 0 Å². The van der Waals surface area contributed by atoms with Gasteiger partial charge in [0.25, 0.3) is 0 Å². The molecule has 0 fully saturated rings. The summed E-state index contributed by atoms with van der Waals surface area (Å²) in [6, 6.07) is 0. The Morgan fingerprint density at radius 1 is 1.00 bits per heavy atom. The summed E-state index contributed by atoms with van der Waals surface area (Å²) in [5.74, 6) is 0. The fourth-order valence-electron chi connectivity index (χ4n) is 0. The van der Waals surface area contributed by atoms with Crippen molar-refractivity contribution < 1.29 is 0 Å². The Balaban J connectivity index is 0. The van der Waals surface area contributed by atoms with Crippen molar-refractivity contribution in [3.05, 3.63) is 0 Å². The van der Waals surface area contributed by atoms with Crippen LogP contribution in [0.4, 0.5) is 0 Å². The van der Waals surface area contributed by atoms with Gasteiger partial charge in [0.15, 0.2) is 0 Å². The van der Waals surface area contributed by atoms with Crippen LogP contribution >= 0.6 is 0 Å². The zero-order valence-electron chi connectivity index (χ0n) is 3.58. The van der Waals surface area contributed by atoms with Gasteiger partial charge in [-0.2, -0.15) is 0 Å². The Morgan fingerprint density at radius 2 is 1.00 bits per heavy atom. The second kappa shape index (κ2) is 5.06. The van der Waals surface area contributed by atoms with Crippen LogP contribution < -0.4 is 0 Å². The second-order valence-electron chi connectivity index (χ2n) is 1.73. The van der Waals surface area contributed by atoms with Crippen LogP contribution in [0, 0.1) is 0 Å². The van der Waals surface area contributed by atoms with E-state index in [1.807, 2.05) is 0 Å². The van der Waals surface area contributed by atoms with Gasteiger partial charge in [-0.3, -0.25) is 0 Å². The van der Waals surface area contributed by atoms with E-state index in [2.05, 4.69) is 20.5 Å². The fraction of sp³-hybridized carbons (Fsp3) is 1.00.